The average Bonchev–Trinajstić information content (AvgIpc) is 3.20. The highest BCUT2D eigenvalue weighted by Gasteiger charge is 2.37. The zero-order valence-corrected chi connectivity index (χ0v) is 18.7. The Kier molecular flexibility index (Phi) is 6.77. The molecule has 1 aliphatic rings. The molecule has 3 nitrogen and oxygen atoms in total. The van der Waals surface area contributed by atoms with Gasteiger partial charge in [0.25, 0.3) is 0 Å². The van der Waals surface area contributed by atoms with Gasteiger partial charge in [0.2, 0.25) is 0 Å². The van der Waals surface area contributed by atoms with Crippen molar-refractivity contribution < 1.29 is 23.0 Å². The van der Waals surface area contributed by atoms with Gasteiger partial charge in [-0.2, -0.15) is 8.78 Å². The summed E-state index contributed by atoms with van der Waals surface area (Å²) in [5, 5.41) is 0.751. The second kappa shape index (κ2) is 9.53. The Morgan fingerprint density at radius 3 is 2.48 bits per heavy atom. The fourth-order valence-electron chi connectivity index (χ4n) is 4.04. The second-order valence-electron chi connectivity index (χ2n) is 7.95. The van der Waals surface area contributed by atoms with Gasteiger partial charge in [-0.15, -0.1) is 11.3 Å². The first-order chi connectivity index (χ1) is 15.0. The molecule has 0 aliphatic carbocycles. The van der Waals surface area contributed by atoms with Gasteiger partial charge in [-0.25, -0.2) is 0 Å². The van der Waals surface area contributed by atoms with Gasteiger partial charge in [0.05, 0.1) is 19.3 Å². The standard InChI is InChI=1S/C25H28F2O3S/c1-3-5-20-10-9-19(16-29-20)17-6-11-21(12-7-17)30-25(26,27)24-14-18-8-13-22(28-4-2)15-23(18)31-24/h6-8,11-15,19-20H,3-5,9-10,16H2,1-2H3. The van der Waals surface area contributed by atoms with Crippen LogP contribution >= 0.6 is 11.3 Å². The molecule has 6 heteroatoms. The van der Waals surface area contributed by atoms with Gasteiger partial charge in [-0.1, -0.05) is 25.5 Å². The summed E-state index contributed by atoms with van der Waals surface area (Å²) in [6, 6.07) is 13.9. The number of halogens is 2. The Balaban J connectivity index is 1.43. The Morgan fingerprint density at radius 2 is 1.81 bits per heavy atom. The number of rotatable bonds is 8. The number of benzene rings is 2. The lowest BCUT2D eigenvalue weighted by Crippen LogP contribution is -2.24. The van der Waals surface area contributed by atoms with E-state index in [1.807, 2.05) is 19.1 Å². The van der Waals surface area contributed by atoms with E-state index in [2.05, 4.69) is 6.92 Å². The fourth-order valence-corrected chi connectivity index (χ4v) is 5.04. The predicted molar refractivity (Wildman–Crippen MR) is 121 cm³/mol. The highest BCUT2D eigenvalue weighted by molar-refractivity contribution is 7.19. The van der Waals surface area contributed by atoms with Crippen LogP contribution in [0.1, 0.15) is 55.9 Å². The van der Waals surface area contributed by atoms with Gasteiger partial charge in [-0.3, -0.25) is 0 Å². The van der Waals surface area contributed by atoms with E-state index in [0.29, 0.717) is 31.0 Å². The van der Waals surface area contributed by atoms with E-state index in [-0.39, 0.29) is 10.6 Å². The molecule has 31 heavy (non-hydrogen) atoms. The van der Waals surface area contributed by atoms with Gasteiger partial charge < -0.3 is 14.2 Å². The minimum Gasteiger partial charge on any atom is -0.494 e. The molecule has 0 spiro atoms. The first-order valence-corrected chi connectivity index (χ1v) is 11.8. The van der Waals surface area contributed by atoms with E-state index in [1.165, 1.54) is 6.07 Å². The topological polar surface area (TPSA) is 27.7 Å². The number of alkyl halides is 2. The van der Waals surface area contributed by atoms with Crippen molar-refractivity contribution in [1.29, 1.82) is 0 Å². The third-order valence-electron chi connectivity index (χ3n) is 5.67. The minimum atomic E-state index is -3.40. The molecule has 0 N–H and O–H groups in total. The summed E-state index contributed by atoms with van der Waals surface area (Å²) in [5.74, 6) is 1.14. The van der Waals surface area contributed by atoms with Crippen molar-refractivity contribution in [2.24, 2.45) is 0 Å². The first kappa shape index (κ1) is 22.0. The molecule has 2 unspecified atom stereocenters. The van der Waals surface area contributed by atoms with Crippen LogP contribution in [0.15, 0.2) is 48.5 Å². The number of thiophene rings is 1. The molecule has 1 aromatic heterocycles. The molecule has 0 radical (unpaired) electrons. The van der Waals surface area contributed by atoms with Crippen molar-refractivity contribution in [3.63, 3.8) is 0 Å². The molecule has 3 aromatic rings. The van der Waals surface area contributed by atoms with Crippen LogP contribution in [0.5, 0.6) is 11.5 Å². The summed E-state index contributed by atoms with van der Waals surface area (Å²) < 4.78 is 46.9. The molecule has 1 saturated heterocycles. The largest absolute Gasteiger partial charge is 0.494 e. The molecule has 2 heterocycles. The maximum atomic E-state index is 14.8. The molecule has 1 fully saturated rings. The molecule has 166 valence electrons. The predicted octanol–water partition coefficient (Wildman–Crippen LogP) is 7.49. The monoisotopic (exact) mass is 446 g/mol. The van der Waals surface area contributed by atoms with Crippen molar-refractivity contribution in [2.75, 3.05) is 13.2 Å². The van der Waals surface area contributed by atoms with Gasteiger partial charge in [0, 0.05) is 10.6 Å². The highest BCUT2D eigenvalue weighted by Crippen LogP contribution is 2.40. The lowest BCUT2D eigenvalue weighted by atomic mass is 9.90. The molecule has 2 aromatic carbocycles. The van der Waals surface area contributed by atoms with E-state index in [1.54, 1.807) is 30.3 Å². The van der Waals surface area contributed by atoms with Crippen LogP contribution in [0, 0.1) is 0 Å². The molecule has 1 aliphatic heterocycles. The number of hydrogen-bond donors (Lipinski definition) is 0. The Hall–Kier alpha value is -2.18. The van der Waals surface area contributed by atoms with Crippen LogP contribution in [0.4, 0.5) is 8.78 Å². The van der Waals surface area contributed by atoms with Crippen LogP contribution in [-0.2, 0) is 10.8 Å². The lowest BCUT2D eigenvalue weighted by molar-refractivity contribution is -0.182. The third kappa shape index (κ3) is 5.18. The molecule has 0 saturated carbocycles. The average molecular weight is 447 g/mol. The van der Waals surface area contributed by atoms with Crippen molar-refractivity contribution in [3.8, 4) is 11.5 Å². The van der Waals surface area contributed by atoms with Gasteiger partial charge >= 0.3 is 6.11 Å². The molecular weight excluding hydrogens is 418 g/mol. The summed E-state index contributed by atoms with van der Waals surface area (Å²) in [7, 11) is 0. The van der Waals surface area contributed by atoms with E-state index >= 15 is 0 Å². The zero-order valence-electron chi connectivity index (χ0n) is 17.9. The normalized spacial score (nSPS) is 19.5. The van der Waals surface area contributed by atoms with E-state index < -0.39 is 6.11 Å². The van der Waals surface area contributed by atoms with E-state index in [9.17, 15) is 8.78 Å². The molecule has 2 atom stereocenters. The number of fused-ring (bicyclic) bond motifs is 1. The molecule has 0 bridgehead atoms. The Morgan fingerprint density at radius 1 is 1.03 bits per heavy atom. The first-order valence-electron chi connectivity index (χ1n) is 10.9. The van der Waals surface area contributed by atoms with Crippen molar-refractivity contribution in [2.45, 2.75) is 57.7 Å². The zero-order chi connectivity index (χ0) is 21.8. The summed E-state index contributed by atoms with van der Waals surface area (Å²) >= 11 is 1.02. The van der Waals surface area contributed by atoms with Crippen molar-refractivity contribution >= 4 is 21.4 Å². The van der Waals surface area contributed by atoms with Gasteiger partial charge in [-0.05, 0) is 73.5 Å². The lowest BCUT2D eigenvalue weighted by Gasteiger charge is -2.29. The van der Waals surface area contributed by atoms with E-state index in [4.69, 9.17) is 14.2 Å². The van der Waals surface area contributed by atoms with Gasteiger partial charge in [0.1, 0.15) is 16.4 Å². The van der Waals surface area contributed by atoms with Crippen molar-refractivity contribution in [1.82, 2.24) is 0 Å². The fraction of sp³-hybridized carbons (Fsp3) is 0.440. The smallest absolute Gasteiger partial charge is 0.436 e. The van der Waals surface area contributed by atoms with Crippen LogP contribution in [0.3, 0.4) is 0 Å². The molecular formula is C25H28F2O3S. The van der Waals surface area contributed by atoms with Crippen LogP contribution < -0.4 is 9.47 Å². The summed E-state index contributed by atoms with van der Waals surface area (Å²) in [5.41, 5.74) is 1.11. The van der Waals surface area contributed by atoms with Gasteiger partial charge in [0.15, 0.2) is 0 Å². The third-order valence-corrected chi connectivity index (χ3v) is 6.82. The maximum absolute atomic E-state index is 14.8. The Bertz CT molecular complexity index is 992. The Labute approximate surface area is 185 Å². The van der Waals surface area contributed by atoms with E-state index in [0.717, 1.165) is 52.7 Å². The maximum Gasteiger partial charge on any atom is 0.436 e. The second-order valence-corrected chi connectivity index (χ2v) is 9.03. The quantitative estimate of drug-likeness (QED) is 0.359. The molecule has 4 rings (SSSR count). The van der Waals surface area contributed by atoms with Crippen LogP contribution in [0.25, 0.3) is 10.1 Å². The SMILES string of the molecule is CCCC1CCC(c2ccc(OC(F)(F)c3cc4ccc(OCC)cc4s3)cc2)CO1. The minimum absolute atomic E-state index is 0.122. The number of hydrogen-bond acceptors (Lipinski definition) is 4. The van der Waals surface area contributed by atoms with Crippen LogP contribution in [0.2, 0.25) is 0 Å². The summed E-state index contributed by atoms with van der Waals surface area (Å²) in [4.78, 5) is -0.122. The summed E-state index contributed by atoms with van der Waals surface area (Å²) in [6.45, 7) is 5.28. The summed E-state index contributed by atoms with van der Waals surface area (Å²) in [6.07, 6.45) is 1.28. The number of ether oxygens (including phenoxy) is 3. The van der Waals surface area contributed by atoms with Crippen LogP contribution in [-0.4, -0.2) is 19.3 Å². The van der Waals surface area contributed by atoms with Crippen molar-refractivity contribution in [3.05, 3.63) is 59.0 Å². The highest BCUT2D eigenvalue weighted by atomic mass is 32.1. The molecule has 0 amide bonds.